The van der Waals surface area contributed by atoms with Crippen molar-refractivity contribution in [1.82, 2.24) is 4.72 Å². The smallest absolute Gasteiger partial charge is 0.250 e. The summed E-state index contributed by atoms with van der Waals surface area (Å²) in [6.07, 6.45) is 2.52. The summed E-state index contributed by atoms with van der Waals surface area (Å²) in [5.74, 6) is 0. The zero-order chi connectivity index (χ0) is 12.9. The van der Waals surface area contributed by atoms with Crippen LogP contribution >= 0.6 is 27.3 Å². The molecule has 1 aromatic rings. The lowest BCUT2D eigenvalue weighted by molar-refractivity contribution is 0.248. The number of aliphatic hydroxyl groups is 1. The summed E-state index contributed by atoms with van der Waals surface area (Å²) in [5.41, 5.74) is 0. The molecule has 0 aromatic carbocycles. The first-order chi connectivity index (χ1) is 7.99. The van der Waals surface area contributed by atoms with Gasteiger partial charge in [0.2, 0.25) is 10.0 Å². The Hall–Kier alpha value is 0.0500. The third kappa shape index (κ3) is 4.67. The van der Waals surface area contributed by atoms with E-state index in [0.717, 1.165) is 28.0 Å². The zero-order valence-electron chi connectivity index (χ0n) is 9.52. The number of rotatable bonds is 7. The van der Waals surface area contributed by atoms with E-state index in [4.69, 9.17) is 5.11 Å². The second kappa shape index (κ2) is 6.84. The molecule has 1 unspecified atom stereocenters. The van der Waals surface area contributed by atoms with Gasteiger partial charge in [-0.2, -0.15) is 0 Å². The molecule has 0 fully saturated rings. The molecule has 98 valence electrons. The molecule has 0 saturated carbocycles. The second-order valence-electron chi connectivity index (χ2n) is 3.70. The van der Waals surface area contributed by atoms with Gasteiger partial charge >= 0.3 is 0 Å². The van der Waals surface area contributed by atoms with E-state index in [2.05, 4.69) is 20.7 Å². The van der Waals surface area contributed by atoms with Gasteiger partial charge in [0.15, 0.2) is 0 Å². The van der Waals surface area contributed by atoms with Crippen LogP contribution in [-0.4, -0.2) is 26.2 Å². The lowest BCUT2D eigenvalue weighted by atomic mass is 10.1. The largest absolute Gasteiger partial charge is 0.395 e. The highest BCUT2D eigenvalue weighted by atomic mass is 79.9. The summed E-state index contributed by atoms with van der Waals surface area (Å²) < 4.78 is 27.4. The van der Waals surface area contributed by atoms with Crippen molar-refractivity contribution in [3.63, 3.8) is 0 Å². The maximum atomic E-state index is 11.9. The van der Waals surface area contributed by atoms with Crippen molar-refractivity contribution in [3.05, 3.63) is 15.9 Å². The van der Waals surface area contributed by atoms with E-state index >= 15 is 0 Å². The monoisotopic (exact) mass is 341 g/mol. The van der Waals surface area contributed by atoms with Crippen LogP contribution in [0.25, 0.3) is 0 Å². The molecule has 0 saturated heterocycles. The topological polar surface area (TPSA) is 66.4 Å². The van der Waals surface area contributed by atoms with Crippen LogP contribution < -0.4 is 4.72 Å². The number of nitrogens with one attached hydrogen (secondary N) is 1. The molecule has 0 radical (unpaired) electrons. The highest BCUT2D eigenvalue weighted by molar-refractivity contribution is 9.11. The molecule has 4 nitrogen and oxygen atoms in total. The van der Waals surface area contributed by atoms with Crippen molar-refractivity contribution >= 4 is 37.3 Å². The minimum atomic E-state index is -3.50. The molecule has 0 aliphatic carbocycles. The fourth-order valence-electron chi connectivity index (χ4n) is 1.36. The number of aliphatic hydroxyl groups excluding tert-OH is 1. The van der Waals surface area contributed by atoms with Crippen LogP contribution in [0.2, 0.25) is 0 Å². The summed E-state index contributed by atoms with van der Waals surface area (Å²) in [6, 6.07) is 2.84. The lowest BCUT2D eigenvalue weighted by Gasteiger charge is -2.15. The predicted octanol–water partition coefficient (Wildman–Crippen LogP) is 2.34. The molecule has 1 rings (SSSR count). The van der Waals surface area contributed by atoms with Gasteiger partial charge in [-0.3, -0.25) is 0 Å². The molecule has 0 amide bonds. The first kappa shape index (κ1) is 15.1. The van der Waals surface area contributed by atoms with Crippen LogP contribution in [0.3, 0.4) is 0 Å². The first-order valence-corrected chi connectivity index (χ1v) is 8.47. The predicted molar refractivity (Wildman–Crippen MR) is 72.7 cm³/mol. The fraction of sp³-hybridized carbons (Fsp3) is 0.600. The van der Waals surface area contributed by atoms with Crippen molar-refractivity contribution in [1.29, 1.82) is 0 Å². The molecule has 0 spiro atoms. The average Bonchev–Trinajstić information content (AvgIpc) is 2.71. The van der Waals surface area contributed by atoms with Crippen molar-refractivity contribution in [2.75, 3.05) is 6.61 Å². The quantitative estimate of drug-likeness (QED) is 0.799. The lowest BCUT2D eigenvalue weighted by Crippen LogP contribution is -2.37. The number of unbranched alkanes of at least 4 members (excludes halogenated alkanes) is 1. The maximum absolute atomic E-state index is 11.9. The number of hydrogen-bond donors (Lipinski definition) is 2. The Labute approximate surface area is 114 Å². The molecule has 0 bridgehead atoms. The average molecular weight is 342 g/mol. The van der Waals surface area contributed by atoms with Gasteiger partial charge in [0.05, 0.1) is 10.4 Å². The number of halogens is 1. The normalized spacial score (nSPS) is 13.8. The van der Waals surface area contributed by atoms with Gasteiger partial charge in [0.25, 0.3) is 0 Å². The molecule has 0 aliphatic rings. The zero-order valence-corrected chi connectivity index (χ0v) is 12.7. The third-order valence-electron chi connectivity index (χ3n) is 2.26. The molecule has 7 heteroatoms. The summed E-state index contributed by atoms with van der Waals surface area (Å²) in [7, 11) is -3.50. The minimum Gasteiger partial charge on any atom is -0.395 e. The molecule has 1 heterocycles. The van der Waals surface area contributed by atoms with Crippen LogP contribution in [0.15, 0.2) is 20.1 Å². The molecule has 1 atom stereocenters. The van der Waals surface area contributed by atoms with Crippen molar-refractivity contribution in [2.24, 2.45) is 0 Å². The Bertz CT molecular complexity index is 444. The van der Waals surface area contributed by atoms with Gasteiger partial charge in [0.1, 0.15) is 4.21 Å². The van der Waals surface area contributed by atoms with Gasteiger partial charge in [0, 0.05) is 6.04 Å². The number of thiophene rings is 1. The Morgan fingerprint density at radius 3 is 2.71 bits per heavy atom. The van der Waals surface area contributed by atoms with Crippen LogP contribution in [0, 0.1) is 0 Å². The highest BCUT2D eigenvalue weighted by Crippen LogP contribution is 2.26. The summed E-state index contributed by atoms with van der Waals surface area (Å²) in [4.78, 5) is 0. The number of sulfonamides is 1. The maximum Gasteiger partial charge on any atom is 0.250 e. The summed E-state index contributed by atoms with van der Waals surface area (Å²) in [6.45, 7) is 1.85. The highest BCUT2D eigenvalue weighted by Gasteiger charge is 2.20. The van der Waals surface area contributed by atoms with Gasteiger partial charge in [-0.05, 0) is 34.5 Å². The Morgan fingerprint density at radius 2 is 2.24 bits per heavy atom. The molecule has 2 N–H and O–H groups in total. The molecule has 1 aromatic heterocycles. The van der Waals surface area contributed by atoms with Gasteiger partial charge in [-0.25, -0.2) is 13.1 Å². The Kier molecular flexibility index (Phi) is 6.08. The van der Waals surface area contributed by atoms with E-state index in [1.807, 2.05) is 6.92 Å². The summed E-state index contributed by atoms with van der Waals surface area (Å²) >= 11 is 4.38. The van der Waals surface area contributed by atoms with Crippen LogP contribution in [-0.2, 0) is 10.0 Å². The minimum absolute atomic E-state index is 0.175. The van der Waals surface area contributed by atoms with Crippen molar-refractivity contribution in [3.8, 4) is 0 Å². The van der Waals surface area contributed by atoms with Gasteiger partial charge < -0.3 is 5.11 Å². The Morgan fingerprint density at radius 1 is 1.53 bits per heavy atom. The van der Waals surface area contributed by atoms with E-state index in [1.54, 1.807) is 12.1 Å². The number of hydrogen-bond acceptors (Lipinski definition) is 4. The Balaban J connectivity index is 2.71. The molecular formula is C10H16BrNO3S2. The molecule has 17 heavy (non-hydrogen) atoms. The van der Waals surface area contributed by atoms with Crippen molar-refractivity contribution in [2.45, 2.75) is 36.4 Å². The molecular weight excluding hydrogens is 326 g/mol. The van der Waals surface area contributed by atoms with Crippen LogP contribution in [0.5, 0.6) is 0 Å². The SMILES string of the molecule is CCCCC(CO)NS(=O)(=O)c1ccc(Br)s1. The third-order valence-corrected chi connectivity index (χ3v) is 5.90. The van der Waals surface area contributed by atoms with Crippen LogP contribution in [0.1, 0.15) is 26.2 Å². The van der Waals surface area contributed by atoms with E-state index in [1.165, 1.54) is 0 Å². The van der Waals surface area contributed by atoms with E-state index in [-0.39, 0.29) is 10.8 Å². The van der Waals surface area contributed by atoms with E-state index in [0.29, 0.717) is 6.42 Å². The fourth-order valence-corrected chi connectivity index (χ4v) is 4.65. The van der Waals surface area contributed by atoms with Crippen LogP contribution in [0.4, 0.5) is 0 Å². The molecule has 0 aliphatic heterocycles. The van der Waals surface area contributed by atoms with Gasteiger partial charge in [-0.1, -0.05) is 19.8 Å². The van der Waals surface area contributed by atoms with Crippen molar-refractivity contribution < 1.29 is 13.5 Å². The first-order valence-electron chi connectivity index (χ1n) is 5.38. The summed E-state index contributed by atoms with van der Waals surface area (Å²) in [5, 5.41) is 9.14. The van der Waals surface area contributed by atoms with Gasteiger partial charge in [-0.15, -0.1) is 11.3 Å². The van der Waals surface area contributed by atoms with E-state index in [9.17, 15) is 8.42 Å². The second-order valence-corrected chi connectivity index (χ2v) is 8.11. The standard InChI is InChI=1S/C10H16BrNO3S2/c1-2-3-4-8(7-13)12-17(14,15)10-6-5-9(11)16-10/h5-6,8,12-13H,2-4,7H2,1H3. The van der Waals surface area contributed by atoms with E-state index < -0.39 is 16.1 Å².